The second-order valence-corrected chi connectivity index (χ2v) is 0. The fourth-order valence-corrected chi connectivity index (χ4v) is 0. The summed E-state index contributed by atoms with van der Waals surface area (Å²) >= 11 is 0. The van der Waals surface area contributed by atoms with Crippen molar-refractivity contribution in [3.05, 3.63) is 0 Å². The zero-order chi connectivity index (χ0) is 0. The Kier molecular flexibility index (Phi) is 307. The van der Waals surface area contributed by atoms with E-state index in [4.69, 9.17) is 0 Å². The minimum atomic E-state index is 0. The van der Waals surface area contributed by atoms with Gasteiger partial charge in [0.15, 0.2) is 0 Å². The molecule has 0 aromatic rings. The Hall–Kier alpha value is 8.60. The minimum Gasteiger partial charge on any atom is 0 e. The molecule has 48 valence electrons. The summed E-state index contributed by atoms with van der Waals surface area (Å²) in [6, 6.07) is 0. The molecule has 0 rings (SSSR count). The van der Waals surface area contributed by atoms with Gasteiger partial charge in [-0.15, -0.1) is 0 Å². The predicted octanol–water partition coefficient (Wildman–Crippen LogP) is -3.55. The molecule has 0 nitrogen and oxygen atoms in total. The van der Waals surface area contributed by atoms with Gasteiger partial charge in [0, 0.05) is 202 Å². The van der Waals surface area contributed by atoms with Crippen molar-refractivity contribution in [2.24, 2.45) is 0 Å². The Morgan fingerprint density at radius 3 is 0.250 bits per heavy atom. The van der Waals surface area contributed by atoms with E-state index < -0.39 is 0 Å². The predicted molar refractivity (Wildman–Crippen MR) is 29.8 cm³/mol. The average molecular weight is 970 g/mol. The Labute approximate surface area is 252 Å². The summed E-state index contributed by atoms with van der Waals surface area (Å²) in [7, 11) is 0. The molecule has 0 aliphatic carbocycles. The van der Waals surface area contributed by atoms with Gasteiger partial charge in [-0.2, -0.15) is 0 Å². The molecule has 0 atom stereocenters. The van der Waals surface area contributed by atoms with E-state index in [9.17, 15) is 0 Å². The van der Waals surface area contributed by atoms with Crippen LogP contribution in [0.2, 0.25) is 0 Å². The standard InChI is InChI=1S/3Ga.5Sm.9H. The summed E-state index contributed by atoms with van der Waals surface area (Å²) in [4.78, 5) is 0. The maximum atomic E-state index is 0. The van der Waals surface area contributed by atoms with Gasteiger partial charge in [0.05, 0.1) is 0 Å². The third kappa shape index (κ3) is 36.5. The molecule has 0 aliphatic heterocycles. The Morgan fingerprint density at radius 2 is 0.250 bits per heavy atom. The molecule has 0 fully saturated rings. The topological polar surface area (TPSA) is 0 Å². The van der Waals surface area contributed by atoms with E-state index in [-0.39, 0.29) is 261 Å². The summed E-state index contributed by atoms with van der Waals surface area (Å²) < 4.78 is 0. The molecule has 0 N–H and O–H groups in total. The molecule has 8 heteroatoms. The Morgan fingerprint density at radius 1 is 0.250 bits per heavy atom. The third-order valence-corrected chi connectivity index (χ3v) is 0. The third-order valence-electron chi connectivity index (χ3n) is 0. The van der Waals surface area contributed by atoms with Crippen LogP contribution >= 0.6 is 0 Å². The summed E-state index contributed by atoms with van der Waals surface area (Å²) in [5.41, 5.74) is 0. The van der Waals surface area contributed by atoms with E-state index in [0.717, 1.165) is 0 Å². The van der Waals surface area contributed by atoms with Crippen molar-refractivity contribution in [3.8, 4) is 0 Å². The molecule has 0 spiro atoms. The molecule has 0 aromatic carbocycles. The molecule has 0 aliphatic rings. The van der Waals surface area contributed by atoms with Gasteiger partial charge in [0.2, 0.25) is 0 Å². The van der Waals surface area contributed by atoms with Gasteiger partial charge in [-0.25, -0.2) is 0 Å². The van der Waals surface area contributed by atoms with E-state index in [1.807, 2.05) is 0 Å². The van der Waals surface area contributed by atoms with Crippen LogP contribution < -0.4 is 0 Å². The molecule has 8 heavy (non-hydrogen) atoms. The molecule has 0 saturated heterocycles. The van der Waals surface area contributed by atoms with Crippen LogP contribution in [0.15, 0.2) is 0 Å². The van der Waals surface area contributed by atoms with Crippen molar-refractivity contribution in [1.29, 1.82) is 0 Å². The van der Waals surface area contributed by atoms with Crippen LogP contribution in [0.1, 0.15) is 0 Å². The average Bonchev–Trinajstić information content (AvgIpc) is 0. The molecule has 0 aromatic heterocycles. The van der Waals surface area contributed by atoms with Crippen molar-refractivity contribution in [1.82, 2.24) is 0 Å². The SMILES string of the molecule is [GaH3].[GaH3].[GaH3].[Sm].[Sm].[Sm].[Sm].[Sm]. The van der Waals surface area contributed by atoms with Crippen LogP contribution in [0.3, 0.4) is 0 Å². The molecule has 0 bridgehead atoms. The molecule has 0 amide bonds. The summed E-state index contributed by atoms with van der Waals surface area (Å²) in [6.07, 6.45) is 0. The van der Waals surface area contributed by atoms with Crippen molar-refractivity contribution in [2.45, 2.75) is 0 Å². The van der Waals surface area contributed by atoms with Gasteiger partial charge in [-0.05, 0) is 0 Å². The van der Waals surface area contributed by atoms with E-state index >= 15 is 0 Å². The Bertz CT molecular complexity index is 7.64. The van der Waals surface area contributed by atoms with Crippen LogP contribution in [0.25, 0.3) is 0 Å². The van der Waals surface area contributed by atoms with E-state index in [2.05, 4.69) is 0 Å². The second kappa shape index (κ2) is 45.0. The van der Waals surface area contributed by atoms with E-state index in [1.165, 1.54) is 0 Å². The zero-order valence-corrected chi connectivity index (χ0v) is 15.1. The van der Waals surface area contributed by atoms with Gasteiger partial charge in [0.1, 0.15) is 0 Å². The van der Waals surface area contributed by atoms with Crippen molar-refractivity contribution < 1.29 is 202 Å². The minimum absolute atomic E-state index is 0. The van der Waals surface area contributed by atoms with Gasteiger partial charge in [-0.1, -0.05) is 0 Å². The summed E-state index contributed by atoms with van der Waals surface area (Å²) in [6.45, 7) is 0. The van der Waals surface area contributed by atoms with Gasteiger partial charge in [0.25, 0.3) is 0 Å². The number of hydrogen-bond donors (Lipinski definition) is 0. The summed E-state index contributed by atoms with van der Waals surface area (Å²) in [5.74, 6) is 0. The van der Waals surface area contributed by atoms with Crippen molar-refractivity contribution in [2.75, 3.05) is 0 Å². The van der Waals surface area contributed by atoms with Crippen LogP contribution in [-0.4, -0.2) is 59.4 Å². The smallest absolute Gasteiger partial charge is 0 e. The zero-order valence-electron chi connectivity index (χ0n) is 2.04. The van der Waals surface area contributed by atoms with Gasteiger partial charge >= 0.3 is 59.4 Å². The van der Waals surface area contributed by atoms with Crippen molar-refractivity contribution >= 4 is 59.4 Å². The molecule has 0 radical (unpaired) electrons. The fourth-order valence-electron chi connectivity index (χ4n) is 0. The first-order chi connectivity index (χ1) is 0. The van der Waals surface area contributed by atoms with Gasteiger partial charge < -0.3 is 0 Å². The van der Waals surface area contributed by atoms with Crippen LogP contribution in [-0.2, 0) is 0 Å². The first-order valence-corrected chi connectivity index (χ1v) is 0. The molecule has 0 unspecified atom stereocenters. The van der Waals surface area contributed by atoms with E-state index in [0.29, 0.717) is 0 Å². The van der Waals surface area contributed by atoms with Crippen molar-refractivity contribution in [3.63, 3.8) is 0 Å². The number of rotatable bonds is 0. The Balaban J connectivity index is 0. The molecule has 0 saturated carbocycles. The first kappa shape index (κ1) is 54.6. The largest absolute Gasteiger partial charge is 0 e. The second-order valence-electron chi connectivity index (χ2n) is 0. The molecular formula is H9Ga3Sm5. The summed E-state index contributed by atoms with van der Waals surface area (Å²) in [5, 5.41) is 0. The monoisotopic (exact) mass is 975 g/mol. The first-order valence-electron chi connectivity index (χ1n) is 0. The number of hydrogen-bond acceptors (Lipinski definition) is 0. The normalized spacial score (nSPS) is 0. The molecular weight excluding hydrogens is 961 g/mol. The molecule has 0 heterocycles. The van der Waals surface area contributed by atoms with E-state index in [1.54, 1.807) is 0 Å². The van der Waals surface area contributed by atoms with Crippen LogP contribution in [0.5, 0.6) is 0 Å². The van der Waals surface area contributed by atoms with Crippen LogP contribution in [0, 0.1) is 202 Å². The quantitative estimate of drug-likeness (QED) is 0.221. The van der Waals surface area contributed by atoms with Gasteiger partial charge in [-0.3, -0.25) is 0 Å². The maximum Gasteiger partial charge on any atom is 0 e. The fraction of sp³-hybridized carbons (Fsp3) is 0. The van der Waals surface area contributed by atoms with Crippen LogP contribution in [0.4, 0.5) is 0 Å². The maximum absolute atomic E-state index is 0.